The predicted molar refractivity (Wildman–Crippen MR) is 85.7 cm³/mol. The zero-order valence-corrected chi connectivity index (χ0v) is 13.4. The van der Waals surface area contributed by atoms with Gasteiger partial charge in [-0.15, -0.1) is 0 Å². The maximum Gasteiger partial charge on any atom is 0.183 e. The van der Waals surface area contributed by atoms with Gasteiger partial charge in [-0.3, -0.25) is 4.79 Å². The summed E-state index contributed by atoms with van der Waals surface area (Å²) in [6.07, 6.45) is 0. The lowest BCUT2D eigenvalue weighted by Gasteiger charge is -2.08. The number of aryl methyl sites for hydroxylation is 1. The highest BCUT2D eigenvalue weighted by Gasteiger charge is 2.13. The maximum atomic E-state index is 12.3. The minimum atomic E-state index is 0.0585. The third kappa shape index (κ3) is 3.22. The topological polar surface area (TPSA) is 43.3 Å². The van der Waals surface area contributed by atoms with E-state index in [1.165, 1.54) is 0 Å². The number of benzene rings is 1. The van der Waals surface area contributed by atoms with Gasteiger partial charge in [0.05, 0.1) is 18.7 Å². The lowest BCUT2D eigenvalue weighted by Crippen LogP contribution is -2.14. The molecule has 0 aliphatic rings. The lowest BCUT2D eigenvalue weighted by atomic mass is 10.1. The van der Waals surface area contributed by atoms with Crippen LogP contribution in [-0.4, -0.2) is 24.0 Å². The number of carbonyl (C=O) groups excluding carboxylic acids is 1. The number of rotatable bonds is 5. The van der Waals surface area contributed by atoms with Crippen LogP contribution in [0.25, 0.3) is 0 Å². The molecule has 5 heteroatoms. The highest BCUT2D eigenvalue weighted by molar-refractivity contribution is 6.32. The third-order valence-electron chi connectivity index (χ3n) is 3.68. The molecular formula is C16H19ClN2O2. The number of ether oxygens (including phenoxy) is 1. The molecular weight excluding hydrogens is 288 g/mol. The Morgan fingerprint density at radius 3 is 2.57 bits per heavy atom. The van der Waals surface area contributed by atoms with E-state index < -0.39 is 0 Å². The monoisotopic (exact) mass is 306 g/mol. The molecule has 1 aromatic heterocycles. The predicted octanol–water partition coefficient (Wildman–Crippen LogP) is 3.60. The van der Waals surface area contributed by atoms with Crippen molar-refractivity contribution in [2.24, 2.45) is 7.05 Å². The Balaban J connectivity index is 2.07. The van der Waals surface area contributed by atoms with Crippen molar-refractivity contribution in [2.75, 3.05) is 19.0 Å². The normalized spacial score (nSPS) is 10.5. The average Bonchev–Trinajstić information content (AvgIpc) is 2.72. The van der Waals surface area contributed by atoms with E-state index in [2.05, 4.69) is 5.32 Å². The van der Waals surface area contributed by atoms with Crippen molar-refractivity contribution >= 4 is 23.1 Å². The van der Waals surface area contributed by atoms with Crippen LogP contribution in [-0.2, 0) is 7.05 Å². The summed E-state index contributed by atoms with van der Waals surface area (Å²) in [7, 11) is 3.52. The van der Waals surface area contributed by atoms with Gasteiger partial charge in [0.1, 0.15) is 5.75 Å². The van der Waals surface area contributed by atoms with Gasteiger partial charge >= 0.3 is 0 Å². The zero-order valence-electron chi connectivity index (χ0n) is 12.7. The van der Waals surface area contributed by atoms with E-state index >= 15 is 0 Å². The van der Waals surface area contributed by atoms with Gasteiger partial charge in [0.25, 0.3) is 0 Å². The molecule has 0 unspecified atom stereocenters. The molecule has 0 amide bonds. The van der Waals surface area contributed by atoms with E-state index in [4.69, 9.17) is 16.3 Å². The van der Waals surface area contributed by atoms with E-state index in [0.717, 1.165) is 22.6 Å². The smallest absolute Gasteiger partial charge is 0.183 e. The van der Waals surface area contributed by atoms with Crippen LogP contribution in [0.5, 0.6) is 5.75 Å². The molecule has 0 aliphatic heterocycles. The molecule has 4 nitrogen and oxygen atoms in total. The SMILES string of the molecule is COc1ccc(NCC(=O)c2cc(C)n(C)c2C)cc1Cl. The van der Waals surface area contributed by atoms with Gasteiger partial charge in [-0.2, -0.15) is 0 Å². The number of nitrogens with zero attached hydrogens (tertiary/aromatic N) is 1. The molecule has 0 radical (unpaired) electrons. The summed E-state index contributed by atoms with van der Waals surface area (Å²) in [5.74, 6) is 0.672. The average molecular weight is 307 g/mol. The van der Waals surface area contributed by atoms with Gasteiger partial charge in [0.2, 0.25) is 0 Å². The van der Waals surface area contributed by atoms with Crippen molar-refractivity contribution in [2.45, 2.75) is 13.8 Å². The molecule has 0 aliphatic carbocycles. The summed E-state index contributed by atoms with van der Waals surface area (Å²) in [4.78, 5) is 12.3. The van der Waals surface area contributed by atoms with Crippen LogP contribution < -0.4 is 10.1 Å². The molecule has 112 valence electrons. The molecule has 0 fully saturated rings. The highest BCUT2D eigenvalue weighted by Crippen LogP contribution is 2.27. The first kappa shape index (κ1) is 15.4. The Bertz CT molecular complexity index is 677. The summed E-state index contributed by atoms with van der Waals surface area (Å²) < 4.78 is 7.11. The van der Waals surface area contributed by atoms with Crippen LogP contribution in [0.1, 0.15) is 21.7 Å². The molecule has 1 aromatic carbocycles. The molecule has 0 bridgehead atoms. The standard InChI is InChI=1S/C16H19ClN2O2/c1-10-7-13(11(2)19(10)3)15(20)9-18-12-5-6-16(21-4)14(17)8-12/h5-8,18H,9H2,1-4H3. The van der Waals surface area contributed by atoms with E-state index in [9.17, 15) is 4.79 Å². The van der Waals surface area contributed by atoms with E-state index in [-0.39, 0.29) is 12.3 Å². The molecule has 0 saturated heterocycles. The largest absolute Gasteiger partial charge is 0.495 e. The number of methoxy groups -OCH3 is 1. The van der Waals surface area contributed by atoms with Crippen molar-refractivity contribution in [3.05, 3.63) is 46.2 Å². The Kier molecular flexibility index (Phi) is 4.58. The fourth-order valence-corrected chi connectivity index (χ4v) is 2.45. The number of aromatic nitrogens is 1. The molecule has 1 heterocycles. The highest BCUT2D eigenvalue weighted by atomic mass is 35.5. The van der Waals surface area contributed by atoms with Gasteiger partial charge in [-0.25, -0.2) is 0 Å². The van der Waals surface area contributed by atoms with Crippen molar-refractivity contribution in [3.63, 3.8) is 0 Å². The van der Waals surface area contributed by atoms with E-state index in [1.54, 1.807) is 19.2 Å². The number of ketones is 1. The van der Waals surface area contributed by atoms with Crippen LogP contribution in [0, 0.1) is 13.8 Å². The van der Waals surface area contributed by atoms with Gasteiger partial charge in [-0.1, -0.05) is 11.6 Å². The van der Waals surface area contributed by atoms with Crippen molar-refractivity contribution in [1.82, 2.24) is 4.57 Å². The van der Waals surface area contributed by atoms with Crippen LogP contribution >= 0.6 is 11.6 Å². The summed E-state index contributed by atoms with van der Waals surface area (Å²) in [6.45, 7) is 4.16. The first-order chi connectivity index (χ1) is 9.93. The van der Waals surface area contributed by atoms with Crippen LogP contribution in [0.3, 0.4) is 0 Å². The second kappa shape index (κ2) is 6.22. The van der Waals surface area contributed by atoms with E-state index in [1.807, 2.05) is 37.6 Å². The second-order valence-electron chi connectivity index (χ2n) is 4.97. The second-order valence-corrected chi connectivity index (χ2v) is 5.38. The lowest BCUT2D eigenvalue weighted by molar-refractivity contribution is 0.101. The summed E-state index contributed by atoms with van der Waals surface area (Å²) in [5.41, 5.74) is 3.59. The number of hydrogen-bond donors (Lipinski definition) is 1. The molecule has 0 atom stereocenters. The number of halogens is 1. The summed E-state index contributed by atoms with van der Waals surface area (Å²) >= 11 is 6.06. The van der Waals surface area contributed by atoms with E-state index in [0.29, 0.717) is 10.8 Å². The molecule has 0 spiro atoms. The Labute approximate surface area is 129 Å². The number of Topliss-reactive ketones (excluding diaryl/α,β-unsaturated/α-hetero) is 1. The van der Waals surface area contributed by atoms with Gasteiger partial charge in [0, 0.05) is 29.7 Å². The van der Waals surface area contributed by atoms with Gasteiger partial charge < -0.3 is 14.6 Å². The number of hydrogen-bond acceptors (Lipinski definition) is 3. The van der Waals surface area contributed by atoms with Crippen LogP contribution in [0.2, 0.25) is 5.02 Å². The fourth-order valence-electron chi connectivity index (χ4n) is 2.19. The van der Waals surface area contributed by atoms with Crippen molar-refractivity contribution in [1.29, 1.82) is 0 Å². The minimum absolute atomic E-state index is 0.0585. The molecule has 0 saturated carbocycles. The number of anilines is 1. The quantitative estimate of drug-likeness (QED) is 0.858. The Morgan fingerprint density at radius 1 is 1.33 bits per heavy atom. The Hall–Kier alpha value is -1.94. The minimum Gasteiger partial charge on any atom is -0.495 e. The molecule has 1 N–H and O–H groups in total. The maximum absolute atomic E-state index is 12.3. The first-order valence-electron chi connectivity index (χ1n) is 6.67. The van der Waals surface area contributed by atoms with Crippen LogP contribution in [0.15, 0.2) is 24.3 Å². The first-order valence-corrected chi connectivity index (χ1v) is 7.05. The zero-order chi connectivity index (χ0) is 15.6. The molecule has 21 heavy (non-hydrogen) atoms. The van der Waals surface area contributed by atoms with Crippen molar-refractivity contribution in [3.8, 4) is 5.75 Å². The van der Waals surface area contributed by atoms with Crippen molar-refractivity contribution < 1.29 is 9.53 Å². The third-order valence-corrected chi connectivity index (χ3v) is 3.98. The number of nitrogens with one attached hydrogen (secondary N) is 1. The van der Waals surface area contributed by atoms with Gasteiger partial charge in [0.15, 0.2) is 5.78 Å². The molecule has 2 rings (SSSR count). The number of carbonyl (C=O) groups is 1. The molecule has 2 aromatic rings. The summed E-state index contributed by atoms with van der Waals surface area (Å²) in [6, 6.07) is 7.27. The summed E-state index contributed by atoms with van der Waals surface area (Å²) in [5, 5.41) is 3.61. The fraction of sp³-hybridized carbons (Fsp3) is 0.312. The van der Waals surface area contributed by atoms with Gasteiger partial charge in [-0.05, 0) is 38.1 Å². The Morgan fingerprint density at radius 2 is 2.05 bits per heavy atom. The van der Waals surface area contributed by atoms with Crippen LogP contribution in [0.4, 0.5) is 5.69 Å².